The van der Waals surface area contributed by atoms with Crippen molar-refractivity contribution in [3.8, 4) is 11.6 Å². The van der Waals surface area contributed by atoms with Gasteiger partial charge in [-0.05, 0) is 57.2 Å². The van der Waals surface area contributed by atoms with Crippen LogP contribution in [-0.2, 0) is 22.4 Å². The molecule has 0 aliphatic heterocycles. The molecule has 0 unspecified atom stereocenters. The molecule has 0 aliphatic rings. The SMILES string of the molecule is CC(C)(C)C#C[P+](c1ccccc1)(c1ccccc1)c1ccccc1.[Au]. The van der Waals surface area contributed by atoms with Gasteiger partial charge in [-0.2, -0.15) is 0 Å². The van der Waals surface area contributed by atoms with Crippen LogP contribution in [-0.4, -0.2) is 0 Å². The smallest absolute Gasteiger partial charge is 0.0620 e. The molecule has 1 radical (unpaired) electrons. The fourth-order valence-electron chi connectivity index (χ4n) is 2.85. The molecule has 0 fully saturated rings. The second-order valence-corrected chi connectivity index (χ2v) is 10.3. The summed E-state index contributed by atoms with van der Waals surface area (Å²) >= 11 is 0. The molecule has 0 aromatic heterocycles. The predicted molar refractivity (Wildman–Crippen MR) is 112 cm³/mol. The quantitative estimate of drug-likeness (QED) is 0.250. The molecular weight excluding hydrogens is 516 g/mol. The van der Waals surface area contributed by atoms with Gasteiger partial charge in [-0.1, -0.05) is 60.5 Å². The van der Waals surface area contributed by atoms with E-state index in [9.17, 15) is 0 Å². The summed E-state index contributed by atoms with van der Waals surface area (Å²) < 4.78 is 0. The molecule has 0 bridgehead atoms. The fourth-order valence-corrected chi connectivity index (χ4v) is 6.49. The minimum atomic E-state index is -2.01. The zero-order valence-corrected chi connectivity index (χ0v) is 18.5. The van der Waals surface area contributed by atoms with E-state index >= 15 is 0 Å². The van der Waals surface area contributed by atoms with Gasteiger partial charge in [0, 0.05) is 27.8 Å². The number of benzene rings is 3. The molecule has 3 aromatic carbocycles. The first-order chi connectivity index (χ1) is 12.0. The summed E-state index contributed by atoms with van der Waals surface area (Å²) in [4.78, 5) is 0. The van der Waals surface area contributed by atoms with E-state index in [0.29, 0.717) is 0 Å². The first-order valence-corrected chi connectivity index (χ1v) is 10.4. The Labute approximate surface area is 173 Å². The van der Waals surface area contributed by atoms with Gasteiger partial charge < -0.3 is 0 Å². The molecule has 3 aromatic rings. The van der Waals surface area contributed by atoms with Crippen molar-refractivity contribution < 1.29 is 22.4 Å². The molecule has 2 heteroatoms. The summed E-state index contributed by atoms with van der Waals surface area (Å²) in [6, 6.07) is 32.3. The maximum absolute atomic E-state index is 3.78. The van der Waals surface area contributed by atoms with Gasteiger partial charge in [0.25, 0.3) is 0 Å². The average Bonchev–Trinajstić information content (AvgIpc) is 2.64. The maximum Gasteiger partial charge on any atom is 0.189 e. The van der Waals surface area contributed by atoms with E-state index in [4.69, 9.17) is 0 Å². The van der Waals surface area contributed by atoms with E-state index in [1.165, 1.54) is 15.9 Å². The van der Waals surface area contributed by atoms with E-state index in [1.54, 1.807) is 0 Å². The normalized spacial score (nSPS) is 11.0. The van der Waals surface area contributed by atoms with E-state index in [2.05, 4.69) is 123 Å². The minimum Gasteiger partial charge on any atom is -0.0620 e. The van der Waals surface area contributed by atoms with Gasteiger partial charge in [-0.15, -0.1) is 0 Å². The van der Waals surface area contributed by atoms with Crippen molar-refractivity contribution in [3.05, 3.63) is 91.0 Å². The maximum atomic E-state index is 3.78. The van der Waals surface area contributed by atoms with Crippen LogP contribution in [0.1, 0.15) is 20.8 Å². The van der Waals surface area contributed by atoms with E-state index in [1.807, 2.05) is 0 Å². The topological polar surface area (TPSA) is 0 Å². The van der Waals surface area contributed by atoms with E-state index in [0.717, 1.165) is 0 Å². The minimum absolute atomic E-state index is 0. The van der Waals surface area contributed by atoms with Crippen LogP contribution >= 0.6 is 7.26 Å². The Morgan fingerprint density at radius 2 is 0.885 bits per heavy atom. The average molecular weight is 540 g/mol. The van der Waals surface area contributed by atoms with Gasteiger partial charge in [0.1, 0.15) is 15.9 Å². The van der Waals surface area contributed by atoms with Crippen LogP contribution in [0.25, 0.3) is 0 Å². The van der Waals surface area contributed by atoms with Gasteiger partial charge in [0.05, 0.1) is 5.66 Å². The number of rotatable bonds is 3. The van der Waals surface area contributed by atoms with Crippen molar-refractivity contribution in [1.82, 2.24) is 0 Å². The summed E-state index contributed by atoms with van der Waals surface area (Å²) in [5.41, 5.74) is 3.75. The van der Waals surface area contributed by atoms with Gasteiger partial charge >= 0.3 is 0 Å². The van der Waals surface area contributed by atoms with Crippen molar-refractivity contribution in [3.63, 3.8) is 0 Å². The van der Waals surface area contributed by atoms with Crippen molar-refractivity contribution in [2.75, 3.05) is 0 Å². The fraction of sp³-hybridized carbons (Fsp3) is 0.167. The van der Waals surface area contributed by atoms with Crippen molar-refractivity contribution >= 4 is 23.2 Å². The van der Waals surface area contributed by atoms with Gasteiger partial charge in [0.2, 0.25) is 0 Å². The van der Waals surface area contributed by atoms with Crippen LogP contribution in [0.3, 0.4) is 0 Å². The van der Waals surface area contributed by atoms with Crippen molar-refractivity contribution in [1.29, 1.82) is 0 Å². The monoisotopic (exact) mass is 540 g/mol. The van der Waals surface area contributed by atoms with Crippen LogP contribution in [0.2, 0.25) is 0 Å². The third kappa shape index (κ3) is 4.56. The summed E-state index contributed by atoms with van der Waals surface area (Å²) in [7, 11) is -2.01. The Balaban J connectivity index is 0.00000243. The predicted octanol–water partition coefficient (Wildman–Crippen LogP) is 4.99. The Kier molecular flexibility index (Phi) is 7.05. The summed E-state index contributed by atoms with van der Waals surface area (Å²) in [5, 5.41) is 3.93. The molecule has 26 heavy (non-hydrogen) atoms. The summed E-state index contributed by atoms with van der Waals surface area (Å²) in [5.74, 6) is 3.56. The van der Waals surface area contributed by atoms with Crippen molar-refractivity contribution in [2.24, 2.45) is 5.41 Å². The van der Waals surface area contributed by atoms with Gasteiger partial charge in [-0.3, -0.25) is 0 Å². The Bertz CT molecular complexity index is 773. The molecule has 0 atom stereocenters. The molecule has 0 heterocycles. The van der Waals surface area contributed by atoms with Gasteiger partial charge in [-0.25, -0.2) is 0 Å². The second-order valence-electron chi connectivity index (χ2n) is 7.16. The van der Waals surface area contributed by atoms with Gasteiger partial charge in [0.15, 0.2) is 7.26 Å². The van der Waals surface area contributed by atoms with E-state index < -0.39 is 7.26 Å². The Hall–Kier alpha value is -1.61. The first-order valence-electron chi connectivity index (χ1n) is 8.63. The standard InChI is InChI=1S/C24H24P.Au/c1-24(2,3)19-20-25(21-13-7-4-8-14-21,22-15-9-5-10-16-22)23-17-11-6-12-18-23;/h4-18H,1-3H3;/q+1;. The zero-order valence-electron chi connectivity index (χ0n) is 15.4. The largest absolute Gasteiger partial charge is 0.189 e. The van der Waals surface area contributed by atoms with Crippen molar-refractivity contribution in [2.45, 2.75) is 20.8 Å². The van der Waals surface area contributed by atoms with E-state index in [-0.39, 0.29) is 27.8 Å². The molecule has 135 valence electrons. The molecule has 0 N–H and O–H groups in total. The van der Waals surface area contributed by atoms with Crippen LogP contribution in [0, 0.1) is 17.0 Å². The Morgan fingerprint density at radius 1 is 0.577 bits per heavy atom. The summed E-state index contributed by atoms with van der Waals surface area (Å²) in [6.07, 6.45) is 0. The summed E-state index contributed by atoms with van der Waals surface area (Å²) in [6.45, 7) is 6.53. The molecular formula is C24H24AuP+. The second kappa shape index (κ2) is 8.85. The molecule has 0 aliphatic carbocycles. The first kappa shape index (κ1) is 20.7. The van der Waals surface area contributed by atoms with Crippen LogP contribution in [0.4, 0.5) is 0 Å². The molecule has 0 nitrogen and oxygen atoms in total. The van der Waals surface area contributed by atoms with Crippen LogP contribution in [0.5, 0.6) is 0 Å². The third-order valence-electron chi connectivity index (χ3n) is 4.03. The number of hydrogen-bond acceptors (Lipinski definition) is 0. The molecule has 0 saturated carbocycles. The zero-order chi connectivity index (χ0) is 17.8. The van der Waals surface area contributed by atoms with Crippen LogP contribution < -0.4 is 15.9 Å². The molecule has 0 saturated heterocycles. The Morgan fingerprint density at radius 3 is 1.15 bits per heavy atom. The van der Waals surface area contributed by atoms with Crippen LogP contribution in [0.15, 0.2) is 91.0 Å². The number of hydrogen-bond donors (Lipinski definition) is 0. The molecule has 0 amide bonds. The third-order valence-corrected chi connectivity index (χ3v) is 7.69. The molecule has 3 rings (SSSR count). The molecule has 0 spiro atoms.